The molecule has 0 unspecified atom stereocenters. The molecule has 10 heteroatoms. The first-order valence-electron chi connectivity index (χ1n) is 13.6. The van der Waals surface area contributed by atoms with E-state index in [0.717, 1.165) is 11.1 Å². The molecule has 3 rings (SSSR count). The van der Waals surface area contributed by atoms with Gasteiger partial charge in [0.1, 0.15) is 24.1 Å². The number of benzene rings is 3. The van der Waals surface area contributed by atoms with E-state index in [1.54, 1.807) is 32.0 Å². The third kappa shape index (κ3) is 9.65. The number of ether oxygens (including phenoxy) is 3. The van der Waals surface area contributed by atoms with Crippen LogP contribution in [0.15, 0.2) is 78.9 Å². The van der Waals surface area contributed by atoms with Gasteiger partial charge < -0.3 is 30.2 Å². The van der Waals surface area contributed by atoms with Gasteiger partial charge in [0.15, 0.2) is 0 Å². The molecule has 0 spiro atoms. The summed E-state index contributed by atoms with van der Waals surface area (Å²) in [5, 5.41) is 7.88. The van der Waals surface area contributed by atoms with Gasteiger partial charge in [0.25, 0.3) is 5.91 Å². The summed E-state index contributed by atoms with van der Waals surface area (Å²) in [7, 11) is 3.03. The fourth-order valence-corrected chi connectivity index (χ4v) is 4.13. The molecule has 0 aromatic heterocycles. The Labute approximate surface area is 245 Å². The molecule has 10 nitrogen and oxygen atoms in total. The van der Waals surface area contributed by atoms with Crippen molar-refractivity contribution >= 4 is 23.7 Å². The topological polar surface area (TPSA) is 132 Å². The maximum Gasteiger partial charge on any atom is 0.408 e. The highest BCUT2D eigenvalue weighted by molar-refractivity contribution is 6.38. The summed E-state index contributed by atoms with van der Waals surface area (Å²) >= 11 is 0. The van der Waals surface area contributed by atoms with Gasteiger partial charge in [0.05, 0.1) is 20.3 Å². The fourth-order valence-electron chi connectivity index (χ4n) is 4.13. The van der Waals surface area contributed by atoms with E-state index in [-0.39, 0.29) is 19.6 Å². The van der Waals surface area contributed by atoms with Gasteiger partial charge in [-0.05, 0) is 34.7 Å². The van der Waals surface area contributed by atoms with Gasteiger partial charge in [-0.1, -0.05) is 74.5 Å². The first-order valence-corrected chi connectivity index (χ1v) is 13.6. The van der Waals surface area contributed by atoms with E-state index in [1.807, 2.05) is 60.7 Å². The molecule has 0 heterocycles. The molecular formula is C32H37N3O7. The molecule has 3 amide bonds. The average molecular weight is 576 g/mol. The van der Waals surface area contributed by atoms with Crippen molar-refractivity contribution in [2.75, 3.05) is 14.2 Å². The van der Waals surface area contributed by atoms with Crippen LogP contribution in [0.1, 0.15) is 30.5 Å². The van der Waals surface area contributed by atoms with E-state index in [2.05, 4.69) is 16.0 Å². The molecule has 0 fully saturated rings. The van der Waals surface area contributed by atoms with Crippen LogP contribution in [0, 0.1) is 5.92 Å². The Morgan fingerprint density at radius 1 is 0.738 bits per heavy atom. The van der Waals surface area contributed by atoms with E-state index in [0.29, 0.717) is 17.1 Å². The lowest BCUT2D eigenvalue weighted by molar-refractivity contribution is -0.141. The number of Topliss-reactive ketones (excluding diaryl/α,β-unsaturated/α-hetero) is 1. The van der Waals surface area contributed by atoms with Crippen LogP contribution < -0.4 is 25.4 Å². The van der Waals surface area contributed by atoms with Crippen LogP contribution in [0.4, 0.5) is 4.79 Å². The number of rotatable bonds is 14. The average Bonchev–Trinajstić information content (AvgIpc) is 3.01. The molecule has 0 saturated carbocycles. The Balaban J connectivity index is 1.68. The standard InChI is InChI=1S/C32H37N3O7/c1-21(2)28(29(36)31(38)33-19-24-15-25(40-3)18-26(16-24)41-4)35-30(37)27(17-22-11-7-5-8-12-22)34-32(39)42-20-23-13-9-6-10-14-23/h5-16,18,21,27-28H,17,19-20H2,1-4H3,(H,33,38)(H,34,39)(H,35,37)/t27-,28-/m0/s1. The molecule has 0 aliphatic carbocycles. The second kappa shape index (κ2) is 15.8. The van der Waals surface area contributed by atoms with Crippen LogP contribution in [-0.4, -0.2) is 50.0 Å². The van der Waals surface area contributed by atoms with Crippen LogP contribution in [0.25, 0.3) is 0 Å². The van der Waals surface area contributed by atoms with Crippen LogP contribution in [-0.2, 0) is 38.7 Å². The molecule has 42 heavy (non-hydrogen) atoms. The summed E-state index contributed by atoms with van der Waals surface area (Å²) in [5.41, 5.74) is 2.25. The van der Waals surface area contributed by atoms with Crippen molar-refractivity contribution in [1.29, 1.82) is 0 Å². The molecule has 2 atom stereocenters. The summed E-state index contributed by atoms with van der Waals surface area (Å²) in [6.45, 7) is 3.51. The first kappa shape index (κ1) is 31.7. The van der Waals surface area contributed by atoms with Crippen LogP contribution in [0.2, 0.25) is 0 Å². The van der Waals surface area contributed by atoms with Crippen LogP contribution in [0.5, 0.6) is 11.5 Å². The predicted molar refractivity (Wildman–Crippen MR) is 157 cm³/mol. The molecule has 0 radical (unpaired) electrons. The number of ketones is 1. The summed E-state index contributed by atoms with van der Waals surface area (Å²) in [5.74, 6) is -1.61. The van der Waals surface area contributed by atoms with Crippen molar-refractivity contribution < 1.29 is 33.4 Å². The van der Waals surface area contributed by atoms with Gasteiger partial charge in [0, 0.05) is 19.0 Å². The third-order valence-corrected chi connectivity index (χ3v) is 6.44. The monoisotopic (exact) mass is 575 g/mol. The van der Waals surface area contributed by atoms with E-state index in [4.69, 9.17) is 14.2 Å². The normalized spacial score (nSPS) is 12.0. The van der Waals surface area contributed by atoms with Gasteiger partial charge >= 0.3 is 6.09 Å². The Kier molecular flexibility index (Phi) is 11.9. The highest BCUT2D eigenvalue weighted by atomic mass is 16.5. The lowest BCUT2D eigenvalue weighted by Crippen LogP contribution is -2.56. The number of hydrogen-bond donors (Lipinski definition) is 3. The fraction of sp³-hybridized carbons (Fsp3) is 0.312. The Morgan fingerprint density at radius 3 is 1.86 bits per heavy atom. The lowest BCUT2D eigenvalue weighted by Gasteiger charge is -2.25. The molecule has 3 aromatic carbocycles. The number of nitrogens with one attached hydrogen (secondary N) is 3. The zero-order valence-corrected chi connectivity index (χ0v) is 24.2. The zero-order valence-electron chi connectivity index (χ0n) is 24.2. The van der Waals surface area contributed by atoms with E-state index >= 15 is 0 Å². The minimum absolute atomic E-state index is 0.0266. The number of amides is 3. The van der Waals surface area contributed by atoms with Gasteiger partial charge in [-0.3, -0.25) is 14.4 Å². The minimum atomic E-state index is -1.13. The maximum absolute atomic E-state index is 13.4. The minimum Gasteiger partial charge on any atom is -0.497 e. The van der Waals surface area contributed by atoms with Crippen molar-refractivity contribution in [2.24, 2.45) is 5.92 Å². The van der Waals surface area contributed by atoms with E-state index < -0.39 is 41.7 Å². The second-order valence-corrected chi connectivity index (χ2v) is 9.95. The van der Waals surface area contributed by atoms with Crippen molar-refractivity contribution in [3.63, 3.8) is 0 Å². The quantitative estimate of drug-likeness (QED) is 0.251. The summed E-state index contributed by atoms with van der Waals surface area (Å²) in [6, 6.07) is 21.2. The number of carbonyl (C=O) groups is 4. The largest absolute Gasteiger partial charge is 0.497 e. The van der Waals surface area contributed by atoms with Crippen molar-refractivity contribution in [2.45, 2.75) is 45.5 Å². The molecule has 0 saturated heterocycles. The molecule has 3 N–H and O–H groups in total. The second-order valence-electron chi connectivity index (χ2n) is 9.95. The first-order chi connectivity index (χ1) is 20.2. The SMILES string of the molecule is COc1cc(CNC(=O)C(=O)[C@@H](NC(=O)[C@H](Cc2ccccc2)NC(=O)OCc2ccccc2)C(C)C)cc(OC)c1. The summed E-state index contributed by atoms with van der Waals surface area (Å²) in [4.78, 5) is 52.1. The van der Waals surface area contributed by atoms with Gasteiger partial charge in [-0.25, -0.2) is 4.79 Å². The molecule has 0 aliphatic rings. The van der Waals surface area contributed by atoms with E-state index in [1.165, 1.54) is 14.2 Å². The summed E-state index contributed by atoms with van der Waals surface area (Å²) in [6.07, 6.45) is -0.635. The molecule has 222 valence electrons. The van der Waals surface area contributed by atoms with Gasteiger partial charge in [-0.15, -0.1) is 0 Å². The maximum atomic E-state index is 13.4. The Morgan fingerprint density at radius 2 is 1.31 bits per heavy atom. The zero-order chi connectivity index (χ0) is 30.5. The van der Waals surface area contributed by atoms with Crippen LogP contribution >= 0.6 is 0 Å². The number of methoxy groups -OCH3 is 2. The molecule has 0 bridgehead atoms. The Hall–Kier alpha value is -4.86. The highest BCUT2D eigenvalue weighted by Crippen LogP contribution is 2.22. The van der Waals surface area contributed by atoms with Gasteiger partial charge in [-0.2, -0.15) is 0 Å². The Bertz CT molecular complexity index is 1320. The number of carbonyl (C=O) groups excluding carboxylic acids is 4. The summed E-state index contributed by atoms with van der Waals surface area (Å²) < 4.78 is 15.8. The molecular weight excluding hydrogens is 538 g/mol. The van der Waals surface area contributed by atoms with Crippen molar-refractivity contribution in [1.82, 2.24) is 16.0 Å². The van der Waals surface area contributed by atoms with Crippen molar-refractivity contribution in [3.8, 4) is 11.5 Å². The number of hydrogen-bond acceptors (Lipinski definition) is 7. The van der Waals surface area contributed by atoms with E-state index in [9.17, 15) is 19.2 Å². The van der Waals surface area contributed by atoms with Crippen molar-refractivity contribution in [3.05, 3.63) is 95.6 Å². The number of alkyl carbamates (subject to hydrolysis) is 1. The molecule has 0 aliphatic heterocycles. The van der Waals surface area contributed by atoms with Gasteiger partial charge in [0.2, 0.25) is 11.7 Å². The lowest BCUT2D eigenvalue weighted by atomic mass is 9.97. The smallest absolute Gasteiger partial charge is 0.408 e. The predicted octanol–water partition coefficient (Wildman–Crippen LogP) is 3.57. The highest BCUT2D eigenvalue weighted by Gasteiger charge is 2.32. The van der Waals surface area contributed by atoms with Crippen LogP contribution in [0.3, 0.4) is 0 Å². The third-order valence-electron chi connectivity index (χ3n) is 6.44. The molecule has 3 aromatic rings.